The third kappa shape index (κ3) is 8.73. The Morgan fingerprint density at radius 3 is 2.17 bits per heavy atom. The number of halogens is 1. The van der Waals surface area contributed by atoms with Gasteiger partial charge in [0.05, 0.1) is 24.4 Å². The first kappa shape index (κ1) is 34.0. The van der Waals surface area contributed by atoms with Crippen LogP contribution in [0.5, 0.6) is 0 Å². The highest BCUT2D eigenvalue weighted by molar-refractivity contribution is 6.30. The molecule has 2 aliphatic rings. The Bertz CT molecular complexity index is 1440. The van der Waals surface area contributed by atoms with Crippen molar-refractivity contribution in [3.8, 4) is 0 Å². The quantitative estimate of drug-likeness (QED) is 0.203. The molecule has 0 radical (unpaired) electrons. The van der Waals surface area contributed by atoms with Crippen LogP contribution in [0.15, 0.2) is 72.8 Å². The van der Waals surface area contributed by atoms with Gasteiger partial charge in [-0.15, -0.1) is 0 Å². The first-order chi connectivity index (χ1) is 22.1. The molecule has 3 aromatic rings. The standard InChI is InChI=1S/C36H43ClN2O7/c1-24-31(22-39-19-17-36(44,18-20-39)29-13-15-30(37)16-14-29)45-35(46-34(24)27-9-7-26(23-40)8-10-27)28-11-5-25(6-12-28)21-38-32(41)3-2-4-33(42)43/h5-16,24,31,34-35,40,44H,2-4,17-23H2,1H3,(H,38,41)(H,42,43)/t24-,31+,34+,35+/m1/s1. The van der Waals surface area contributed by atoms with Crippen LogP contribution in [-0.4, -0.2) is 57.8 Å². The maximum atomic E-state index is 12.1. The molecule has 0 aliphatic carbocycles. The Morgan fingerprint density at radius 1 is 0.913 bits per heavy atom. The van der Waals surface area contributed by atoms with Crippen molar-refractivity contribution in [2.45, 2.75) is 76.3 Å². The molecule has 2 heterocycles. The third-order valence-electron chi connectivity index (χ3n) is 9.16. The van der Waals surface area contributed by atoms with Crippen LogP contribution >= 0.6 is 11.6 Å². The fourth-order valence-electron chi connectivity index (χ4n) is 6.22. The van der Waals surface area contributed by atoms with Gasteiger partial charge in [0.1, 0.15) is 0 Å². The van der Waals surface area contributed by atoms with Crippen LogP contribution in [0.3, 0.4) is 0 Å². The number of aliphatic carboxylic acids is 1. The van der Waals surface area contributed by atoms with Gasteiger partial charge in [0.15, 0.2) is 6.29 Å². The van der Waals surface area contributed by atoms with Crippen molar-refractivity contribution in [1.29, 1.82) is 0 Å². The van der Waals surface area contributed by atoms with Crippen LogP contribution < -0.4 is 5.32 Å². The summed E-state index contributed by atoms with van der Waals surface area (Å²) in [4.78, 5) is 25.1. The molecule has 2 fully saturated rings. The number of hydrogen-bond donors (Lipinski definition) is 4. The Morgan fingerprint density at radius 2 is 1.54 bits per heavy atom. The number of carboxylic acid groups (broad SMARTS) is 1. The lowest BCUT2D eigenvalue weighted by atomic mass is 9.84. The molecule has 3 aromatic carbocycles. The number of aliphatic hydroxyl groups excluding tert-OH is 1. The number of carbonyl (C=O) groups is 2. The van der Waals surface area contributed by atoms with E-state index >= 15 is 0 Å². The zero-order chi connectivity index (χ0) is 32.7. The highest BCUT2D eigenvalue weighted by Crippen LogP contribution is 2.42. The number of piperidine rings is 1. The Balaban J connectivity index is 1.26. The van der Waals surface area contributed by atoms with E-state index in [1.54, 1.807) is 0 Å². The van der Waals surface area contributed by atoms with Gasteiger partial charge in [0.25, 0.3) is 0 Å². The molecule has 246 valence electrons. The second kappa shape index (κ2) is 15.5. The Labute approximate surface area is 275 Å². The van der Waals surface area contributed by atoms with Crippen LogP contribution in [0.2, 0.25) is 5.02 Å². The smallest absolute Gasteiger partial charge is 0.303 e. The maximum Gasteiger partial charge on any atom is 0.303 e. The maximum absolute atomic E-state index is 12.1. The molecule has 4 N–H and O–H groups in total. The summed E-state index contributed by atoms with van der Waals surface area (Å²) in [6, 6.07) is 23.0. The highest BCUT2D eigenvalue weighted by atomic mass is 35.5. The molecule has 2 saturated heterocycles. The number of carbonyl (C=O) groups excluding carboxylic acids is 1. The van der Waals surface area contributed by atoms with E-state index in [1.807, 2.05) is 72.8 Å². The van der Waals surface area contributed by atoms with Crippen molar-refractivity contribution in [3.05, 3.63) is 106 Å². The van der Waals surface area contributed by atoms with Crippen molar-refractivity contribution in [2.24, 2.45) is 5.92 Å². The summed E-state index contributed by atoms with van der Waals surface area (Å²) >= 11 is 6.07. The first-order valence-electron chi connectivity index (χ1n) is 15.9. The van der Waals surface area contributed by atoms with E-state index in [1.165, 1.54) is 0 Å². The number of aliphatic hydroxyl groups is 2. The van der Waals surface area contributed by atoms with Gasteiger partial charge in [0, 0.05) is 55.5 Å². The fourth-order valence-corrected chi connectivity index (χ4v) is 6.34. The number of nitrogens with zero attached hydrogens (tertiary/aromatic N) is 1. The lowest BCUT2D eigenvalue weighted by molar-refractivity contribution is -0.277. The lowest BCUT2D eigenvalue weighted by Gasteiger charge is -2.45. The third-order valence-corrected chi connectivity index (χ3v) is 9.41. The predicted molar refractivity (Wildman–Crippen MR) is 174 cm³/mol. The second-order valence-corrected chi connectivity index (χ2v) is 12.9. The highest BCUT2D eigenvalue weighted by Gasteiger charge is 2.41. The average Bonchev–Trinajstić information content (AvgIpc) is 3.06. The minimum Gasteiger partial charge on any atom is -0.481 e. The van der Waals surface area contributed by atoms with Crippen molar-refractivity contribution in [1.82, 2.24) is 10.2 Å². The molecule has 2 aliphatic heterocycles. The molecule has 0 spiro atoms. The summed E-state index contributed by atoms with van der Waals surface area (Å²) in [5, 5.41) is 33.2. The summed E-state index contributed by atoms with van der Waals surface area (Å²) < 4.78 is 13.2. The summed E-state index contributed by atoms with van der Waals surface area (Å²) in [6.45, 7) is 4.60. The molecule has 5 rings (SSSR count). The minimum absolute atomic E-state index is 0.0256. The molecule has 0 aromatic heterocycles. The molecule has 46 heavy (non-hydrogen) atoms. The Kier molecular flexibility index (Phi) is 11.5. The SMILES string of the molecule is C[C@@H]1[C@H](CN2CCC(O)(c3ccc(Cl)cc3)CC2)O[C@H](c2ccc(CNC(=O)CCCC(=O)O)cc2)O[C@@H]1c1ccc(CO)cc1. The van der Waals surface area contributed by atoms with Crippen molar-refractivity contribution in [2.75, 3.05) is 19.6 Å². The van der Waals surface area contributed by atoms with E-state index in [0.717, 1.165) is 40.9 Å². The second-order valence-electron chi connectivity index (χ2n) is 12.4. The molecule has 1 amide bonds. The molecule has 0 bridgehead atoms. The van der Waals surface area contributed by atoms with Gasteiger partial charge in [-0.1, -0.05) is 79.2 Å². The molecular weight excluding hydrogens is 608 g/mol. The number of nitrogens with one attached hydrogen (secondary N) is 1. The van der Waals surface area contributed by atoms with Crippen molar-refractivity contribution < 1.29 is 34.4 Å². The topological polar surface area (TPSA) is 129 Å². The predicted octanol–water partition coefficient (Wildman–Crippen LogP) is 5.48. The molecule has 0 unspecified atom stereocenters. The van der Waals surface area contributed by atoms with Gasteiger partial charge < -0.3 is 35.0 Å². The Hall–Kier alpha value is -3.31. The summed E-state index contributed by atoms with van der Waals surface area (Å²) in [7, 11) is 0. The number of hydrogen-bond acceptors (Lipinski definition) is 7. The van der Waals surface area contributed by atoms with Gasteiger partial charge >= 0.3 is 5.97 Å². The number of likely N-dealkylation sites (tertiary alicyclic amines) is 1. The molecule has 4 atom stereocenters. The molecule has 9 nitrogen and oxygen atoms in total. The van der Waals surface area contributed by atoms with Crippen molar-refractivity contribution >= 4 is 23.5 Å². The molecule has 0 saturated carbocycles. The zero-order valence-electron chi connectivity index (χ0n) is 26.1. The van der Waals surface area contributed by atoms with E-state index in [0.29, 0.717) is 37.4 Å². The number of carboxylic acids is 1. The number of amides is 1. The van der Waals surface area contributed by atoms with Crippen LogP contribution in [0.25, 0.3) is 0 Å². The largest absolute Gasteiger partial charge is 0.481 e. The summed E-state index contributed by atoms with van der Waals surface area (Å²) in [6.07, 6.45) is 0.674. The van der Waals surface area contributed by atoms with Gasteiger partial charge in [-0.25, -0.2) is 0 Å². The van der Waals surface area contributed by atoms with Gasteiger partial charge in [-0.3, -0.25) is 9.59 Å². The lowest BCUT2D eigenvalue weighted by Crippen LogP contribution is -2.49. The van der Waals surface area contributed by atoms with Gasteiger partial charge in [-0.2, -0.15) is 0 Å². The van der Waals surface area contributed by atoms with E-state index in [9.17, 15) is 19.8 Å². The van der Waals surface area contributed by atoms with E-state index in [-0.39, 0.29) is 43.5 Å². The van der Waals surface area contributed by atoms with Crippen LogP contribution in [0.1, 0.15) is 79.2 Å². The number of ether oxygens (including phenoxy) is 2. The fraction of sp³-hybridized carbons (Fsp3) is 0.444. The van der Waals surface area contributed by atoms with E-state index < -0.39 is 17.9 Å². The summed E-state index contributed by atoms with van der Waals surface area (Å²) in [5.74, 6) is -1.06. The normalized spacial score (nSPS) is 23.1. The minimum atomic E-state index is -0.908. The van der Waals surface area contributed by atoms with Crippen LogP contribution in [0, 0.1) is 5.92 Å². The monoisotopic (exact) mass is 650 g/mol. The van der Waals surface area contributed by atoms with E-state index in [2.05, 4.69) is 17.1 Å². The van der Waals surface area contributed by atoms with E-state index in [4.69, 9.17) is 26.2 Å². The van der Waals surface area contributed by atoms with Crippen LogP contribution in [-0.2, 0) is 37.8 Å². The summed E-state index contributed by atoms with van der Waals surface area (Å²) in [5.41, 5.74) is 3.63. The number of benzene rings is 3. The molecular formula is C36H43ClN2O7. The first-order valence-corrected chi connectivity index (χ1v) is 16.3. The number of rotatable bonds is 12. The van der Waals surface area contributed by atoms with Gasteiger partial charge in [-0.05, 0) is 53.6 Å². The van der Waals surface area contributed by atoms with Crippen molar-refractivity contribution in [3.63, 3.8) is 0 Å². The zero-order valence-corrected chi connectivity index (χ0v) is 26.9. The van der Waals surface area contributed by atoms with Gasteiger partial charge in [0.2, 0.25) is 5.91 Å². The van der Waals surface area contributed by atoms with Crippen LogP contribution in [0.4, 0.5) is 0 Å². The molecule has 10 heteroatoms. The average molecular weight is 651 g/mol.